The number of amides is 1. The predicted octanol–water partition coefficient (Wildman–Crippen LogP) is 6.10. The number of carbonyl (C=O) groups is 2. The third-order valence-electron chi connectivity index (χ3n) is 7.18. The van der Waals surface area contributed by atoms with Gasteiger partial charge in [0.15, 0.2) is 5.78 Å². The summed E-state index contributed by atoms with van der Waals surface area (Å²) in [4.78, 5) is 29.0. The summed E-state index contributed by atoms with van der Waals surface area (Å²) in [5.41, 5.74) is 7.42. The average molecular weight is 619 g/mol. The molecule has 2 heterocycles. The molecule has 0 bridgehead atoms. The lowest BCUT2D eigenvalue weighted by Crippen LogP contribution is -2.45. The number of rotatable bonds is 7. The molecule has 1 aromatic heterocycles. The van der Waals surface area contributed by atoms with Gasteiger partial charge in [0, 0.05) is 36.6 Å². The summed E-state index contributed by atoms with van der Waals surface area (Å²) in [5.74, 6) is -2.70. The van der Waals surface area contributed by atoms with E-state index in [4.69, 9.17) is 10.8 Å². The first-order chi connectivity index (χ1) is 19.1. The van der Waals surface area contributed by atoms with Crippen LogP contribution in [-0.4, -0.2) is 28.0 Å². The van der Waals surface area contributed by atoms with Crippen LogP contribution in [0.5, 0.6) is 0 Å². The van der Waals surface area contributed by atoms with E-state index in [9.17, 15) is 27.2 Å². The number of aromatic nitrogens is 2. The molecular formula is C30H30F4N4O2S2. The number of benzene rings is 3. The Morgan fingerprint density at radius 1 is 0.976 bits per heavy atom. The van der Waals surface area contributed by atoms with Crippen molar-refractivity contribution in [1.82, 2.24) is 9.78 Å². The second-order valence-corrected chi connectivity index (χ2v) is 9.56. The summed E-state index contributed by atoms with van der Waals surface area (Å²) < 4.78 is 55.6. The quantitative estimate of drug-likeness (QED) is 0.201. The van der Waals surface area contributed by atoms with Gasteiger partial charge in [-0.05, 0) is 48.9 Å². The van der Waals surface area contributed by atoms with E-state index < -0.39 is 35.2 Å². The van der Waals surface area contributed by atoms with Crippen molar-refractivity contribution in [2.75, 3.05) is 11.4 Å². The number of nitrogens with zero attached hydrogens (tertiary/aromatic N) is 3. The topological polar surface area (TPSA) is 81.2 Å². The van der Waals surface area contributed by atoms with Gasteiger partial charge in [0.2, 0.25) is 5.91 Å². The maximum absolute atomic E-state index is 14.1. The number of fused-ring (bicyclic) bond motifs is 1. The van der Waals surface area contributed by atoms with Crippen LogP contribution in [-0.2, 0) is 17.5 Å². The van der Waals surface area contributed by atoms with Gasteiger partial charge in [0.1, 0.15) is 11.6 Å². The van der Waals surface area contributed by atoms with E-state index in [0.717, 1.165) is 12.1 Å². The minimum absolute atomic E-state index is 0. The molecule has 0 saturated heterocycles. The molecule has 1 amide bonds. The van der Waals surface area contributed by atoms with Crippen LogP contribution in [0.2, 0.25) is 0 Å². The summed E-state index contributed by atoms with van der Waals surface area (Å²) >= 11 is 0. The zero-order valence-electron chi connectivity index (χ0n) is 22.5. The van der Waals surface area contributed by atoms with Crippen molar-refractivity contribution in [2.45, 2.75) is 32.0 Å². The van der Waals surface area contributed by atoms with Gasteiger partial charge in [0.25, 0.3) is 0 Å². The van der Waals surface area contributed by atoms with E-state index in [-0.39, 0.29) is 58.0 Å². The SMILES string of the molecule is CCN1C(=O)[C@@H](CC(=O)c2cccc(C(F)(F)F)c2)[C@@H](c2ccc(F)cc2)c2c(CN)nn(-c3ccccc3)c21.S.S. The molecule has 0 saturated carbocycles. The molecule has 6 nitrogen and oxygen atoms in total. The van der Waals surface area contributed by atoms with Crippen LogP contribution in [0, 0.1) is 11.7 Å². The summed E-state index contributed by atoms with van der Waals surface area (Å²) in [6, 6.07) is 19.0. The minimum Gasteiger partial charge on any atom is -0.325 e. The molecule has 4 aromatic rings. The van der Waals surface area contributed by atoms with Gasteiger partial charge in [-0.25, -0.2) is 9.07 Å². The molecule has 1 aliphatic rings. The summed E-state index contributed by atoms with van der Waals surface area (Å²) in [7, 11) is 0. The normalized spacial score (nSPS) is 16.3. The highest BCUT2D eigenvalue weighted by Crippen LogP contribution is 2.47. The van der Waals surface area contributed by atoms with Crippen LogP contribution in [0.25, 0.3) is 5.69 Å². The lowest BCUT2D eigenvalue weighted by atomic mass is 9.74. The van der Waals surface area contributed by atoms with Crippen molar-refractivity contribution in [1.29, 1.82) is 0 Å². The first-order valence-corrected chi connectivity index (χ1v) is 12.8. The van der Waals surface area contributed by atoms with Gasteiger partial charge >= 0.3 is 6.18 Å². The monoisotopic (exact) mass is 618 g/mol. The molecule has 0 radical (unpaired) electrons. The number of alkyl halides is 3. The van der Waals surface area contributed by atoms with E-state index in [1.807, 2.05) is 30.3 Å². The van der Waals surface area contributed by atoms with Crippen molar-refractivity contribution in [3.8, 4) is 5.69 Å². The number of ketones is 1. The molecule has 0 aliphatic carbocycles. The van der Waals surface area contributed by atoms with E-state index in [0.29, 0.717) is 28.3 Å². The Morgan fingerprint density at radius 2 is 1.64 bits per heavy atom. The Bertz CT molecular complexity index is 1560. The maximum atomic E-state index is 14.1. The van der Waals surface area contributed by atoms with Crippen LogP contribution in [0.1, 0.15) is 52.0 Å². The van der Waals surface area contributed by atoms with Crippen molar-refractivity contribution in [3.05, 3.63) is 113 Å². The number of nitrogens with two attached hydrogens (primary N) is 1. The van der Waals surface area contributed by atoms with Crippen LogP contribution >= 0.6 is 27.0 Å². The fraction of sp³-hybridized carbons (Fsp3) is 0.233. The second kappa shape index (κ2) is 13.1. The number of carbonyl (C=O) groups excluding carboxylic acids is 2. The smallest absolute Gasteiger partial charge is 0.325 e. The Labute approximate surface area is 254 Å². The van der Waals surface area contributed by atoms with Crippen molar-refractivity contribution in [2.24, 2.45) is 11.7 Å². The number of para-hydroxylation sites is 1. The van der Waals surface area contributed by atoms with E-state index in [1.54, 1.807) is 23.7 Å². The highest BCUT2D eigenvalue weighted by Gasteiger charge is 2.46. The third kappa shape index (κ3) is 6.11. The van der Waals surface area contributed by atoms with Crippen molar-refractivity contribution >= 4 is 44.5 Å². The number of hydrogen-bond acceptors (Lipinski definition) is 4. The third-order valence-corrected chi connectivity index (χ3v) is 7.18. The number of anilines is 1. The second-order valence-electron chi connectivity index (χ2n) is 9.56. The van der Waals surface area contributed by atoms with Crippen LogP contribution in [0.3, 0.4) is 0 Å². The molecule has 0 unspecified atom stereocenters. The molecule has 5 rings (SSSR count). The largest absolute Gasteiger partial charge is 0.416 e. The number of hydrogen-bond donors (Lipinski definition) is 1. The first-order valence-electron chi connectivity index (χ1n) is 12.8. The van der Waals surface area contributed by atoms with Gasteiger partial charge in [-0.2, -0.15) is 45.3 Å². The van der Waals surface area contributed by atoms with Crippen molar-refractivity contribution < 1.29 is 27.2 Å². The molecule has 2 N–H and O–H groups in total. The first kappa shape index (κ1) is 32.9. The standard InChI is InChI=1S/C30H26F4N4O2.2H2S/c1-2-37-28-27(24(17-35)36-38(28)22-9-4-3-5-10-22)26(18-11-13-21(31)14-12-18)23(29(37)40)16-25(39)19-7-6-8-20(15-19)30(32,33)34;;/h3-15,23,26H,2,16-17,35H2,1H3;2*1H2/t23-,26+;;/m0../s1. The molecule has 1 aliphatic heterocycles. The van der Waals surface area contributed by atoms with E-state index >= 15 is 0 Å². The van der Waals surface area contributed by atoms with Gasteiger partial charge < -0.3 is 5.73 Å². The van der Waals surface area contributed by atoms with Gasteiger partial charge in [0.05, 0.1) is 22.9 Å². The Morgan fingerprint density at radius 3 is 2.24 bits per heavy atom. The Balaban J connectivity index is 0.00000242. The summed E-state index contributed by atoms with van der Waals surface area (Å²) in [5, 5.41) is 4.73. The minimum atomic E-state index is -4.62. The van der Waals surface area contributed by atoms with Crippen LogP contribution in [0.15, 0.2) is 78.9 Å². The molecule has 0 spiro atoms. The molecule has 0 fully saturated rings. The number of Topliss-reactive ketones (excluding diaryl/α,β-unsaturated/α-hetero) is 1. The summed E-state index contributed by atoms with van der Waals surface area (Å²) in [6.45, 7) is 2.06. The Kier molecular flexibility index (Phi) is 10.3. The fourth-order valence-electron chi connectivity index (χ4n) is 5.36. The summed E-state index contributed by atoms with van der Waals surface area (Å²) in [6.07, 6.45) is -4.98. The molecule has 222 valence electrons. The van der Waals surface area contributed by atoms with Gasteiger partial charge in [-0.1, -0.05) is 42.5 Å². The zero-order chi connectivity index (χ0) is 28.6. The highest BCUT2D eigenvalue weighted by molar-refractivity contribution is 7.59. The molecule has 12 heteroatoms. The van der Waals surface area contributed by atoms with Crippen LogP contribution < -0.4 is 10.6 Å². The number of halogens is 4. The van der Waals surface area contributed by atoms with E-state index in [1.165, 1.54) is 29.2 Å². The molecule has 2 atom stereocenters. The zero-order valence-corrected chi connectivity index (χ0v) is 24.5. The van der Waals surface area contributed by atoms with Gasteiger partial charge in [-0.15, -0.1) is 0 Å². The molecular weight excluding hydrogens is 588 g/mol. The lowest BCUT2D eigenvalue weighted by Gasteiger charge is -2.38. The fourth-order valence-corrected chi connectivity index (χ4v) is 5.36. The predicted molar refractivity (Wildman–Crippen MR) is 162 cm³/mol. The molecule has 3 aromatic carbocycles. The van der Waals surface area contributed by atoms with Crippen LogP contribution in [0.4, 0.5) is 23.4 Å². The lowest BCUT2D eigenvalue weighted by molar-refractivity contribution is -0.137. The van der Waals surface area contributed by atoms with Crippen molar-refractivity contribution in [3.63, 3.8) is 0 Å². The Hall–Kier alpha value is -3.61. The maximum Gasteiger partial charge on any atom is 0.416 e. The molecule has 42 heavy (non-hydrogen) atoms. The highest BCUT2D eigenvalue weighted by atomic mass is 32.1. The average Bonchev–Trinajstić information content (AvgIpc) is 3.33. The van der Waals surface area contributed by atoms with E-state index in [2.05, 4.69) is 0 Å². The van der Waals surface area contributed by atoms with Gasteiger partial charge in [-0.3, -0.25) is 14.5 Å².